The summed E-state index contributed by atoms with van der Waals surface area (Å²) in [4.78, 5) is 0. The summed E-state index contributed by atoms with van der Waals surface area (Å²) in [7, 11) is 0. The van der Waals surface area contributed by atoms with E-state index in [9.17, 15) is 0 Å². The van der Waals surface area contributed by atoms with Crippen LogP contribution in [0.4, 0.5) is 0 Å². The maximum Gasteiger partial charge on any atom is 0.138 e. The van der Waals surface area contributed by atoms with Gasteiger partial charge in [0.2, 0.25) is 0 Å². The second-order valence-electron chi connectivity index (χ2n) is 2.76. The van der Waals surface area contributed by atoms with Gasteiger partial charge < -0.3 is 0 Å². The standard InChI is InChI=1S/C6H13B/c1-3-4-6-5-7(6)2/h6H,3-5H2,1-2H3. The van der Waals surface area contributed by atoms with Crippen molar-refractivity contribution in [3.05, 3.63) is 0 Å². The van der Waals surface area contributed by atoms with Crippen molar-refractivity contribution < 1.29 is 0 Å². The molecular formula is C6H13B. The van der Waals surface area contributed by atoms with Crippen molar-refractivity contribution in [3.63, 3.8) is 0 Å². The summed E-state index contributed by atoms with van der Waals surface area (Å²) in [6.45, 7) is 5.69. The van der Waals surface area contributed by atoms with Gasteiger partial charge in [-0.05, 0) is 0 Å². The highest BCUT2D eigenvalue weighted by Crippen LogP contribution is 2.40. The fourth-order valence-electron chi connectivity index (χ4n) is 1.17. The monoisotopic (exact) mass is 96.1 g/mol. The predicted molar refractivity (Wildman–Crippen MR) is 35.1 cm³/mol. The van der Waals surface area contributed by atoms with E-state index in [0.29, 0.717) is 0 Å². The Morgan fingerprint density at radius 1 is 1.71 bits per heavy atom. The molecule has 1 aliphatic rings. The lowest BCUT2D eigenvalue weighted by molar-refractivity contribution is 0.816. The van der Waals surface area contributed by atoms with E-state index in [1.54, 1.807) is 0 Å². The highest BCUT2D eigenvalue weighted by atomic mass is 14.1. The summed E-state index contributed by atoms with van der Waals surface area (Å²) >= 11 is 0. The van der Waals surface area contributed by atoms with Gasteiger partial charge in [-0.25, -0.2) is 0 Å². The Balaban J connectivity index is 1.98. The lowest BCUT2D eigenvalue weighted by atomic mass is 9.70. The topological polar surface area (TPSA) is 0 Å². The van der Waals surface area contributed by atoms with E-state index >= 15 is 0 Å². The zero-order chi connectivity index (χ0) is 5.28. The minimum absolute atomic E-state index is 1.07. The van der Waals surface area contributed by atoms with Crippen molar-refractivity contribution in [2.45, 2.75) is 38.7 Å². The molecule has 7 heavy (non-hydrogen) atoms. The molecule has 0 bridgehead atoms. The average molecular weight is 96.0 g/mol. The van der Waals surface area contributed by atoms with Gasteiger partial charge in [-0.2, -0.15) is 0 Å². The number of rotatable bonds is 2. The van der Waals surface area contributed by atoms with E-state index in [-0.39, 0.29) is 0 Å². The van der Waals surface area contributed by atoms with Crippen LogP contribution in [0.1, 0.15) is 19.8 Å². The molecule has 0 aromatic rings. The molecular weight excluding hydrogens is 82.9 g/mol. The minimum Gasteiger partial charge on any atom is -0.0859 e. The molecule has 1 unspecified atom stereocenters. The van der Waals surface area contributed by atoms with E-state index in [1.165, 1.54) is 19.2 Å². The molecule has 0 amide bonds. The van der Waals surface area contributed by atoms with Crippen LogP contribution in [0.15, 0.2) is 0 Å². The van der Waals surface area contributed by atoms with Crippen LogP contribution in [0.3, 0.4) is 0 Å². The van der Waals surface area contributed by atoms with Crippen LogP contribution in [0, 0.1) is 0 Å². The fraction of sp³-hybridized carbons (Fsp3) is 1.00. The molecule has 0 radical (unpaired) electrons. The molecule has 1 rings (SSSR count). The molecule has 1 heterocycles. The van der Waals surface area contributed by atoms with Crippen LogP contribution in [0.2, 0.25) is 19.0 Å². The second-order valence-corrected chi connectivity index (χ2v) is 2.76. The van der Waals surface area contributed by atoms with E-state index in [2.05, 4.69) is 13.7 Å². The number of hydrogen-bond acceptors (Lipinski definition) is 0. The van der Waals surface area contributed by atoms with Crippen LogP contribution in [-0.2, 0) is 0 Å². The van der Waals surface area contributed by atoms with E-state index in [0.717, 1.165) is 12.5 Å². The summed E-state index contributed by atoms with van der Waals surface area (Å²) < 4.78 is 0. The quantitative estimate of drug-likeness (QED) is 0.462. The SMILES string of the molecule is CCCC1CB1C. The molecule has 40 valence electrons. The highest BCUT2D eigenvalue weighted by molar-refractivity contribution is 6.70. The van der Waals surface area contributed by atoms with E-state index in [1.807, 2.05) is 0 Å². The van der Waals surface area contributed by atoms with E-state index < -0.39 is 0 Å². The lowest BCUT2D eigenvalue weighted by Crippen LogP contribution is -1.77. The van der Waals surface area contributed by atoms with Gasteiger partial charge in [0.1, 0.15) is 6.71 Å². The van der Waals surface area contributed by atoms with Gasteiger partial charge >= 0.3 is 0 Å². The molecule has 1 atom stereocenters. The van der Waals surface area contributed by atoms with Gasteiger partial charge in [-0.3, -0.25) is 0 Å². The molecule has 0 N–H and O–H groups in total. The average Bonchev–Trinajstić information content (AvgIpc) is 2.22. The molecule has 0 aliphatic carbocycles. The Labute approximate surface area is 46.4 Å². The largest absolute Gasteiger partial charge is 0.138 e. The lowest BCUT2D eigenvalue weighted by Gasteiger charge is -1.86. The maximum atomic E-state index is 2.35. The van der Waals surface area contributed by atoms with Crippen molar-refractivity contribution in [2.75, 3.05) is 0 Å². The van der Waals surface area contributed by atoms with Crippen LogP contribution in [0.25, 0.3) is 0 Å². The first-order chi connectivity index (χ1) is 3.34. The molecule has 0 aromatic carbocycles. The van der Waals surface area contributed by atoms with Gasteiger partial charge in [0, 0.05) is 0 Å². The van der Waals surface area contributed by atoms with Gasteiger partial charge in [0.25, 0.3) is 0 Å². The Hall–Kier alpha value is 0.0649. The Morgan fingerprint density at radius 3 is 2.43 bits per heavy atom. The molecule has 1 aliphatic heterocycles. The molecule has 1 fully saturated rings. The van der Waals surface area contributed by atoms with Gasteiger partial charge in [0.05, 0.1) is 0 Å². The smallest absolute Gasteiger partial charge is 0.0859 e. The third-order valence-electron chi connectivity index (χ3n) is 1.94. The summed E-state index contributed by atoms with van der Waals surface area (Å²) in [6, 6.07) is 0. The zero-order valence-electron chi connectivity index (χ0n) is 5.28. The van der Waals surface area contributed by atoms with Crippen LogP contribution < -0.4 is 0 Å². The van der Waals surface area contributed by atoms with Crippen molar-refractivity contribution in [2.24, 2.45) is 0 Å². The normalized spacial score (nSPS) is 28.3. The van der Waals surface area contributed by atoms with Gasteiger partial charge in [-0.1, -0.05) is 38.7 Å². The predicted octanol–water partition coefficient (Wildman–Crippen LogP) is 2.29. The van der Waals surface area contributed by atoms with Gasteiger partial charge in [-0.15, -0.1) is 0 Å². The van der Waals surface area contributed by atoms with Crippen molar-refractivity contribution >= 4 is 6.71 Å². The molecule has 0 saturated carbocycles. The third-order valence-corrected chi connectivity index (χ3v) is 1.94. The molecule has 1 saturated heterocycles. The summed E-state index contributed by atoms with van der Waals surface area (Å²) in [6.07, 6.45) is 4.37. The summed E-state index contributed by atoms with van der Waals surface area (Å²) in [5.41, 5.74) is 0. The molecule has 0 spiro atoms. The Morgan fingerprint density at radius 2 is 2.29 bits per heavy atom. The molecule has 0 aromatic heterocycles. The summed E-state index contributed by atoms with van der Waals surface area (Å²) in [5, 5.41) is 0. The van der Waals surface area contributed by atoms with Crippen LogP contribution in [-0.4, -0.2) is 6.71 Å². The van der Waals surface area contributed by atoms with Crippen molar-refractivity contribution in [1.29, 1.82) is 0 Å². The zero-order valence-corrected chi connectivity index (χ0v) is 5.28. The molecule has 1 heteroatoms. The number of hydrogen-bond donors (Lipinski definition) is 0. The first kappa shape index (κ1) is 5.21. The molecule has 0 nitrogen and oxygen atoms in total. The Bertz CT molecular complexity index is 61.2. The maximum absolute atomic E-state index is 2.35. The summed E-state index contributed by atoms with van der Waals surface area (Å²) in [5.74, 6) is 1.12. The minimum atomic E-state index is 1.07. The highest BCUT2D eigenvalue weighted by Gasteiger charge is 2.34. The van der Waals surface area contributed by atoms with Crippen LogP contribution >= 0.6 is 0 Å². The van der Waals surface area contributed by atoms with Crippen LogP contribution in [0.5, 0.6) is 0 Å². The van der Waals surface area contributed by atoms with Gasteiger partial charge in [0.15, 0.2) is 0 Å². The van der Waals surface area contributed by atoms with Crippen molar-refractivity contribution in [1.82, 2.24) is 0 Å². The Kier molecular flexibility index (Phi) is 1.41. The second kappa shape index (κ2) is 1.89. The first-order valence-electron chi connectivity index (χ1n) is 3.34. The third kappa shape index (κ3) is 1.22. The van der Waals surface area contributed by atoms with Crippen molar-refractivity contribution in [3.8, 4) is 0 Å². The fourth-order valence-corrected chi connectivity index (χ4v) is 1.17. The first-order valence-corrected chi connectivity index (χ1v) is 3.34. The van der Waals surface area contributed by atoms with E-state index in [4.69, 9.17) is 0 Å².